The Morgan fingerprint density at radius 3 is 1.30 bits per heavy atom. The molecule has 0 aromatic rings. The lowest BCUT2D eigenvalue weighted by Gasteiger charge is -2.48. The summed E-state index contributed by atoms with van der Waals surface area (Å²) in [5, 5.41) is 120. The largest absolute Gasteiger partial charge is 0.394 e. The van der Waals surface area contributed by atoms with Crippen LogP contribution in [0.25, 0.3) is 0 Å². The van der Waals surface area contributed by atoms with Crippen molar-refractivity contribution in [2.75, 3.05) is 26.4 Å². The minimum absolute atomic E-state index is 0.231. The second-order valence-electron chi connectivity index (χ2n) is 23.2. The van der Waals surface area contributed by atoms with Gasteiger partial charge < -0.3 is 89.9 Å². The molecule has 12 N–H and O–H groups in total. The zero-order chi connectivity index (χ0) is 59.7. The number of ether oxygens (including phenoxy) is 6. The molecule has 82 heavy (non-hydrogen) atoms. The quantitative estimate of drug-likeness (QED) is 0.0218. The molecule has 480 valence electrons. The molecule has 1 amide bonds. The predicted octanol–water partition coefficient (Wildman–Crippen LogP) is 6.88. The van der Waals surface area contributed by atoms with E-state index in [-0.39, 0.29) is 18.9 Å². The second kappa shape index (κ2) is 46.2. The van der Waals surface area contributed by atoms with Gasteiger partial charge in [0.15, 0.2) is 18.9 Å². The first-order chi connectivity index (χ1) is 39.8. The Hall–Kier alpha value is -1.99. The third-order valence-electron chi connectivity index (χ3n) is 16.2. The highest BCUT2D eigenvalue weighted by Gasteiger charge is 2.53. The van der Waals surface area contributed by atoms with Gasteiger partial charge in [0.25, 0.3) is 0 Å². The highest BCUT2D eigenvalue weighted by molar-refractivity contribution is 5.76. The van der Waals surface area contributed by atoms with Gasteiger partial charge in [0, 0.05) is 6.42 Å². The van der Waals surface area contributed by atoms with E-state index in [2.05, 4.69) is 55.6 Å². The van der Waals surface area contributed by atoms with Crippen molar-refractivity contribution in [1.82, 2.24) is 5.32 Å². The van der Waals surface area contributed by atoms with Crippen LogP contribution >= 0.6 is 0 Å². The number of aliphatic hydroxyl groups is 11. The summed E-state index contributed by atoms with van der Waals surface area (Å²) in [5.41, 5.74) is 0. The van der Waals surface area contributed by atoms with Gasteiger partial charge in [0.05, 0.1) is 38.6 Å². The van der Waals surface area contributed by atoms with Crippen molar-refractivity contribution < 1.29 is 89.4 Å². The lowest BCUT2D eigenvalue weighted by Crippen LogP contribution is -2.66. The average molecular weight is 1170 g/mol. The Morgan fingerprint density at radius 1 is 0.451 bits per heavy atom. The summed E-state index contributed by atoms with van der Waals surface area (Å²) in [4.78, 5) is 13.3. The SMILES string of the molecule is CC/C=C\C/C=C\C/C=C\CCCCCC(=O)NC(COC1OC(CO)C(OC2OC(CO)C(OC3OC(CO)C(O)C(O)C3O)C(O)C2O)C(O)C1O)C(O)CCCCCCCCCCCCCCCCCCCCCCCCCC. The number of hydrogen-bond acceptors (Lipinski definition) is 18. The number of carbonyl (C=O) groups excluding carboxylic acids is 1. The summed E-state index contributed by atoms with van der Waals surface area (Å²) in [6, 6.07) is -0.902. The fourth-order valence-electron chi connectivity index (χ4n) is 11.0. The van der Waals surface area contributed by atoms with Gasteiger partial charge in [-0.15, -0.1) is 0 Å². The Balaban J connectivity index is 1.44. The van der Waals surface area contributed by atoms with E-state index in [1.54, 1.807) is 0 Å². The molecule has 3 rings (SSSR count). The first-order valence-corrected chi connectivity index (χ1v) is 32.2. The fraction of sp³-hybridized carbons (Fsp3) is 0.889. The molecule has 0 aromatic carbocycles. The second-order valence-corrected chi connectivity index (χ2v) is 23.2. The van der Waals surface area contributed by atoms with E-state index in [0.29, 0.717) is 12.8 Å². The van der Waals surface area contributed by atoms with Crippen LogP contribution < -0.4 is 5.32 Å². The van der Waals surface area contributed by atoms with Crippen LogP contribution in [-0.4, -0.2) is 193 Å². The van der Waals surface area contributed by atoms with Crippen molar-refractivity contribution in [3.8, 4) is 0 Å². The van der Waals surface area contributed by atoms with Crippen LogP contribution in [0.5, 0.6) is 0 Å². The molecule has 3 aliphatic rings. The van der Waals surface area contributed by atoms with Crippen LogP contribution in [0.2, 0.25) is 0 Å². The molecule has 0 saturated carbocycles. The van der Waals surface area contributed by atoms with Gasteiger partial charge in [-0.3, -0.25) is 4.79 Å². The molecule has 3 saturated heterocycles. The molecule has 3 aliphatic heterocycles. The van der Waals surface area contributed by atoms with Crippen molar-refractivity contribution in [2.24, 2.45) is 0 Å². The molecule has 0 bridgehead atoms. The summed E-state index contributed by atoms with van der Waals surface area (Å²) >= 11 is 0. The number of rotatable bonds is 48. The summed E-state index contributed by atoms with van der Waals surface area (Å²) < 4.78 is 34.3. The lowest BCUT2D eigenvalue weighted by molar-refractivity contribution is -0.379. The molecule has 17 atom stereocenters. The summed E-state index contributed by atoms with van der Waals surface area (Å²) in [6.45, 7) is 1.66. The van der Waals surface area contributed by atoms with Crippen LogP contribution in [0.3, 0.4) is 0 Å². The molecule has 0 radical (unpaired) electrons. The number of aliphatic hydroxyl groups excluding tert-OH is 11. The molecule has 3 heterocycles. The zero-order valence-corrected chi connectivity index (χ0v) is 50.2. The first-order valence-electron chi connectivity index (χ1n) is 32.2. The van der Waals surface area contributed by atoms with Gasteiger partial charge in [-0.2, -0.15) is 0 Å². The number of nitrogens with one attached hydrogen (secondary N) is 1. The third kappa shape index (κ3) is 29.1. The van der Waals surface area contributed by atoms with Gasteiger partial charge in [0.2, 0.25) is 5.91 Å². The van der Waals surface area contributed by atoms with Crippen molar-refractivity contribution in [3.05, 3.63) is 36.5 Å². The zero-order valence-electron chi connectivity index (χ0n) is 50.2. The number of unbranched alkanes of at least 4 members (excludes halogenated alkanes) is 26. The molecule has 0 aliphatic carbocycles. The molecule has 17 unspecified atom stereocenters. The van der Waals surface area contributed by atoms with Gasteiger partial charge >= 0.3 is 0 Å². The van der Waals surface area contributed by atoms with Crippen LogP contribution in [-0.2, 0) is 33.2 Å². The predicted molar refractivity (Wildman–Crippen MR) is 314 cm³/mol. The average Bonchev–Trinajstić information content (AvgIpc) is 3.42. The third-order valence-corrected chi connectivity index (χ3v) is 16.2. The van der Waals surface area contributed by atoms with E-state index < -0.39 is 124 Å². The monoisotopic (exact) mass is 1170 g/mol. The molecule has 19 heteroatoms. The Morgan fingerprint density at radius 2 is 0.841 bits per heavy atom. The highest BCUT2D eigenvalue weighted by Crippen LogP contribution is 2.33. The minimum atomic E-state index is -1.98. The molecular weight excluding hydrogens is 1060 g/mol. The van der Waals surface area contributed by atoms with Crippen LogP contribution in [0.4, 0.5) is 0 Å². The van der Waals surface area contributed by atoms with E-state index in [0.717, 1.165) is 64.2 Å². The number of allylic oxidation sites excluding steroid dienone is 6. The maximum atomic E-state index is 13.3. The lowest BCUT2D eigenvalue weighted by atomic mass is 9.96. The van der Waals surface area contributed by atoms with Crippen molar-refractivity contribution in [2.45, 2.75) is 330 Å². The van der Waals surface area contributed by atoms with E-state index >= 15 is 0 Å². The van der Waals surface area contributed by atoms with Crippen LogP contribution in [0.1, 0.15) is 226 Å². The summed E-state index contributed by atoms with van der Waals surface area (Å²) in [5.74, 6) is -0.271. The maximum Gasteiger partial charge on any atom is 0.220 e. The normalized spacial score (nSPS) is 29.8. The van der Waals surface area contributed by atoms with Crippen LogP contribution in [0, 0.1) is 0 Å². The minimum Gasteiger partial charge on any atom is -0.394 e. The van der Waals surface area contributed by atoms with E-state index in [9.17, 15) is 61.0 Å². The summed E-state index contributed by atoms with van der Waals surface area (Å²) in [6.07, 6.45) is 23.9. The van der Waals surface area contributed by atoms with E-state index in [4.69, 9.17) is 28.4 Å². The van der Waals surface area contributed by atoms with Gasteiger partial charge in [-0.1, -0.05) is 211 Å². The Labute approximate surface area is 491 Å². The van der Waals surface area contributed by atoms with E-state index in [1.165, 1.54) is 128 Å². The van der Waals surface area contributed by atoms with E-state index in [1.807, 2.05) is 0 Å². The smallest absolute Gasteiger partial charge is 0.220 e. The molecule has 0 aromatic heterocycles. The maximum absolute atomic E-state index is 13.3. The van der Waals surface area contributed by atoms with Crippen molar-refractivity contribution in [3.63, 3.8) is 0 Å². The molecular formula is C63H115NO18. The van der Waals surface area contributed by atoms with Crippen LogP contribution in [0.15, 0.2) is 36.5 Å². The molecule has 3 fully saturated rings. The standard InChI is InChI=1S/C63H115NO18/c1-3-5-7-9-11-13-15-17-18-19-20-21-22-23-24-25-26-27-29-30-32-34-36-38-40-47(68)46(64-51(69)41-39-37-35-33-31-28-16-14-12-10-8-6-4-2)45-77-61-57(75)54(72)59(49(43-66)79-61)82-63-58(76)55(73)60(50(44-67)80-63)81-62-56(74)53(71)52(70)48(42-65)78-62/h6,8,12,14,28,31,46-50,52-63,65-68,70-76H,3-5,7,9-11,13,15-27,29-30,32-45H2,1-2H3,(H,64,69)/b8-6-,14-12-,31-28-. The number of carbonyl (C=O) groups is 1. The number of hydrogen-bond donors (Lipinski definition) is 12. The Kier molecular flexibility index (Phi) is 41.8. The molecule has 19 nitrogen and oxygen atoms in total. The van der Waals surface area contributed by atoms with Crippen molar-refractivity contribution >= 4 is 5.91 Å². The first kappa shape index (κ1) is 74.3. The summed E-state index contributed by atoms with van der Waals surface area (Å²) in [7, 11) is 0. The fourth-order valence-corrected chi connectivity index (χ4v) is 11.0. The topological polar surface area (TPSA) is 307 Å². The molecule has 0 spiro atoms. The number of amides is 1. The highest BCUT2D eigenvalue weighted by atomic mass is 16.8. The van der Waals surface area contributed by atoms with Gasteiger partial charge in [0.1, 0.15) is 73.2 Å². The van der Waals surface area contributed by atoms with Crippen molar-refractivity contribution in [1.29, 1.82) is 0 Å². The van der Waals surface area contributed by atoms with Gasteiger partial charge in [-0.25, -0.2) is 0 Å². The Bertz CT molecular complexity index is 1640. The van der Waals surface area contributed by atoms with Gasteiger partial charge in [-0.05, 0) is 44.9 Å².